The van der Waals surface area contributed by atoms with Gasteiger partial charge in [0.25, 0.3) is 0 Å². The topological polar surface area (TPSA) is 73.5 Å². The van der Waals surface area contributed by atoms with Crippen LogP contribution in [0.3, 0.4) is 0 Å². The van der Waals surface area contributed by atoms with Crippen LogP contribution in [0.25, 0.3) is 0 Å². The molecule has 2 aliphatic rings. The quantitative estimate of drug-likeness (QED) is 0.745. The van der Waals surface area contributed by atoms with E-state index in [2.05, 4.69) is 16.0 Å². The zero-order valence-corrected chi connectivity index (χ0v) is 16.2. The molecular weight excluding hydrogens is 371 g/mol. The van der Waals surface area contributed by atoms with E-state index in [0.717, 1.165) is 37.1 Å². The minimum Gasteiger partial charge on any atom is -0.338 e. The molecule has 0 saturated carbocycles. The minimum absolute atomic E-state index is 0.102. The Morgan fingerprint density at radius 3 is 2.52 bits per heavy atom. The second kappa shape index (κ2) is 8.61. The first-order chi connectivity index (χ1) is 14.1. The van der Waals surface area contributed by atoms with Crippen molar-refractivity contribution < 1.29 is 14.0 Å². The van der Waals surface area contributed by atoms with E-state index in [9.17, 15) is 14.0 Å². The van der Waals surface area contributed by atoms with Crippen molar-refractivity contribution in [2.24, 2.45) is 5.92 Å². The predicted octanol–water partition coefficient (Wildman–Crippen LogP) is 3.35. The molecule has 2 aromatic rings. The Morgan fingerprint density at radius 1 is 1.00 bits per heavy atom. The summed E-state index contributed by atoms with van der Waals surface area (Å²) in [5.41, 5.74) is 2.91. The highest BCUT2D eigenvalue weighted by Crippen LogP contribution is 2.28. The van der Waals surface area contributed by atoms with E-state index in [0.29, 0.717) is 25.2 Å². The lowest BCUT2D eigenvalue weighted by Crippen LogP contribution is -2.43. The fourth-order valence-corrected chi connectivity index (χ4v) is 4.08. The van der Waals surface area contributed by atoms with Gasteiger partial charge in [-0.3, -0.25) is 4.79 Å². The summed E-state index contributed by atoms with van der Waals surface area (Å²) in [5.74, 6) is -0.150. The van der Waals surface area contributed by atoms with Crippen LogP contribution < -0.4 is 16.0 Å². The van der Waals surface area contributed by atoms with Gasteiger partial charge in [0.15, 0.2) is 0 Å². The van der Waals surface area contributed by atoms with Crippen LogP contribution in [0.1, 0.15) is 24.0 Å². The fourth-order valence-electron chi connectivity index (χ4n) is 4.08. The number of fused-ring (bicyclic) bond motifs is 1. The van der Waals surface area contributed by atoms with Crippen LogP contribution in [-0.2, 0) is 17.8 Å². The van der Waals surface area contributed by atoms with E-state index in [-0.39, 0.29) is 17.5 Å². The number of anilines is 2. The molecule has 0 aromatic heterocycles. The number of nitrogens with zero attached hydrogens (tertiary/aromatic N) is 1. The molecule has 1 fully saturated rings. The van der Waals surface area contributed by atoms with Crippen LogP contribution in [0.5, 0.6) is 0 Å². The summed E-state index contributed by atoms with van der Waals surface area (Å²) in [5, 5.41) is 8.66. The number of urea groups is 1. The highest BCUT2D eigenvalue weighted by atomic mass is 19.1. The largest absolute Gasteiger partial charge is 0.338 e. The van der Waals surface area contributed by atoms with E-state index in [1.807, 2.05) is 23.1 Å². The van der Waals surface area contributed by atoms with Gasteiger partial charge in [-0.25, -0.2) is 9.18 Å². The van der Waals surface area contributed by atoms with E-state index >= 15 is 0 Å². The van der Waals surface area contributed by atoms with Crippen molar-refractivity contribution in [3.63, 3.8) is 0 Å². The van der Waals surface area contributed by atoms with E-state index < -0.39 is 11.8 Å². The Balaban J connectivity index is 1.43. The second-order valence-electron chi connectivity index (χ2n) is 7.54. The van der Waals surface area contributed by atoms with Gasteiger partial charge in [-0.15, -0.1) is 0 Å². The molecule has 3 amide bonds. The van der Waals surface area contributed by atoms with Gasteiger partial charge in [0.2, 0.25) is 5.91 Å². The number of amides is 3. The third-order valence-corrected chi connectivity index (χ3v) is 5.64. The molecule has 6 nitrogen and oxygen atoms in total. The first-order valence-electron chi connectivity index (χ1n) is 10.0. The SMILES string of the molecule is O=C(Nc1ccccc1F)Nc1cccc2c1CCN(C(=O)C1CCNCC1)C2. The Morgan fingerprint density at radius 2 is 1.72 bits per heavy atom. The average Bonchev–Trinajstić information content (AvgIpc) is 2.75. The van der Waals surface area contributed by atoms with Gasteiger partial charge in [-0.2, -0.15) is 0 Å². The first-order valence-corrected chi connectivity index (χ1v) is 10.0. The number of piperidine rings is 1. The molecule has 29 heavy (non-hydrogen) atoms. The molecule has 0 atom stereocenters. The summed E-state index contributed by atoms with van der Waals surface area (Å²) in [4.78, 5) is 27.1. The number of carbonyl (C=O) groups excluding carboxylic acids is 2. The predicted molar refractivity (Wildman–Crippen MR) is 110 cm³/mol. The van der Waals surface area contributed by atoms with Gasteiger partial charge in [-0.1, -0.05) is 24.3 Å². The number of rotatable bonds is 3. The van der Waals surface area contributed by atoms with Gasteiger partial charge in [0.05, 0.1) is 5.69 Å². The van der Waals surface area contributed by atoms with E-state index in [4.69, 9.17) is 0 Å². The lowest BCUT2D eigenvalue weighted by molar-refractivity contribution is -0.137. The van der Waals surface area contributed by atoms with Crippen LogP contribution in [0.4, 0.5) is 20.6 Å². The van der Waals surface area contributed by atoms with Crippen LogP contribution >= 0.6 is 0 Å². The van der Waals surface area contributed by atoms with E-state index in [1.54, 1.807) is 12.1 Å². The molecule has 2 heterocycles. The van der Waals surface area contributed by atoms with Crippen molar-refractivity contribution >= 4 is 23.3 Å². The monoisotopic (exact) mass is 396 g/mol. The van der Waals surface area contributed by atoms with Crippen molar-refractivity contribution in [3.05, 3.63) is 59.4 Å². The fraction of sp³-hybridized carbons (Fsp3) is 0.364. The Labute approximate surface area is 169 Å². The third kappa shape index (κ3) is 4.40. The molecule has 3 N–H and O–H groups in total. The number of hydrogen-bond acceptors (Lipinski definition) is 3. The van der Waals surface area contributed by atoms with Gasteiger partial charge < -0.3 is 20.9 Å². The smallest absolute Gasteiger partial charge is 0.323 e. The first kappa shape index (κ1) is 19.4. The van der Waals surface area contributed by atoms with Gasteiger partial charge >= 0.3 is 6.03 Å². The summed E-state index contributed by atoms with van der Waals surface area (Å²) in [6, 6.07) is 11.3. The average molecular weight is 396 g/mol. The standard InChI is InChI=1S/C22H25FN4O2/c23-18-5-1-2-6-20(18)26-22(29)25-19-7-3-4-16-14-27(13-10-17(16)19)21(28)15-8-11-24-12-9-15/h1-7,15,24H,8-14H2,(H2,25,26,29). The molecule has 7 heteroatoms. The van der Waals surface area contributed by atoms with Crippen LogP contribution in [0.15, 0.2) is 42.5 Å². The lowest BCUT2D eigenvalue weighted by atomic mass is 9.93. The molecule has 152 valence electrons. The van der Waals surface area contributed by atoms with Crippen molar-refractivity contribution in [3.8, 4) is 0 Å². The molecule has 0 spiro atoms. The van der Waals surface area contributed by atoms with Gasteiger partial charge in [0, 0.05) is 24.7 Å². The summed E-state index contributed by atoms with van der Waals surface area (Å²) in [6.07, 6.45) is 2.46. The normalized spacial score (nSPS) is 16.8. The lowest BCUT2D eigenvalue weighted by Gasteiger charge is -2.34. The number of para-hydroxylation sites is 1. The Bertz CT molecular complexity index is 911. The summed E-state index contributed by atoms with van der Waals surface area (Å²) < 4.78 is 13.8. The maximum Gasteiger partial charge on any atom is 0.323 e. The highest BCUT2D eigenvalue weighted by Gasteiger charge is 2.29. The summed E-state index contributed by atoms with van der Waals surface area (Å²) in [7, 11) is 0. The molecule has 0 radical (unpaired) electrons. The van der Waals surface area contributed by atoms with Crippen LogP contribution in [-0.4, -0.2) is 36.5 Å². The molecular formula is C22H25FN4O2. The molecule has 1 saturated heterocycles. The number of halogens is 1. The summed E-state index contributed by atoms with van der Waals surface area (Å²) >= 11 is 0. The zero-order chi connectivity index (χ0) is 20.2. The minimum atomic E-state index is -0.489. The molecule has 4 rings (SSSR count). The Kier molecular flexibility index (Phi) is 5.76. The van der Waals surface area contributed by atoms with Gasteiger partial charge in [-0.05, 0) is 61.7 Å². The van der Waals surface area contributed by atoms with E-state index in [1.165, 1.54) is 12.1 Å². The molecule has 0 unspecified atom stereocenters. The molecule has 0 aliphatic carbocycles. The summed E-state index contributed by atoms with van der Waals surface area (Å²) in [6.45, 7) is 2.99. The molecule has 2 aliphatic heterocycles. The number of carbonyl (C=O) groups is 2. The van der Waals surface area contributed by atoms with Crippen molar-refractivity contribution in [1.82, 2.24) is 10.2 Å². The third-order valence-electron chi connectivity index (χ3n) is 5.64. The van der Waals surface area contributed by atoms with Gasteiger partial charge in [0.1, 0.15) is 5.82 Å². The number of nitrogens with one attached hydrogen (secondary N) is 3. The number of hydrogen-bond donors (Lipinski definition) is 3. The molecule has 0 bridgehead atoms. The Hall–Kier alpha value is -2.93. The van der Waals surface area contributed by atoms with Crippen molar-refractivity contribution in [2.45, 2.75) is 25.8 Å². The van der Waals surface area contributed by atoms with Crippen molar-refractivity contribution in [1.29, 1.82) is 0 Å². The zero-order valence-electron chi connectivity index (χ0n) is 16.2. The molecule has 2 aromatic carbocycles. The highest BCUT2D eigenvalue weighted by molar-refractivity contribution is 6.00. The van der Waals surface area contributed by atoms with Crippen LogP contribution in [0, 0.1) is 11.7 Å². The van der Waals surface area contributed by atoms with Crippen molar-refractivity contribution in [2.75, 3.05) is 30.3 Å². The second-order valence-corrected chi connectivity index (χ2v) is 7.54. The maximum atomic E-state index is 13.8. The number of benzene rings is 2. The maximum absolute atomic E-state index is 13.8. The van der Waals surface area contributed by atoms with Crippen LogP contribution in [0.2, 0.25) is 0 Å².